The molecule has 0 spiro atoms. The fourth-order valence-corrected chi connectivity index (χ4v) is 3.95. The van der Waals surface area contributed by atoms with E-state index >= 15 is 0 Å². The molecule has 0 atom stereocenters. The summed E-state index contributed by atoms with van der Waals surface area (Å²) < 4.78 is 13.2. The molecule has 1 N–H and O–H groups in total. The lowest BCUT2D eigenvalue weighted by atomic mass is 10.2. The molecule has 3 aromatic rings. The second-order valence-corrected chi connectivity index (χ2v) is 7.47. The number of carbonyl (C=O) groups excluding carboxylic acids is 1. The maximum atomic E-state index is 12.9. The number of fused-ring (bicyclic) bond motifs is 1. The van der Waals surface area contributed by atoms with Gasteiger partial charge in [-0.2, -0.15) is 0 Å². The molecule has 0 radical (unpaired) electrons. The minimum absolute atomic E-state index is 0.215. The quantitative estimate of drug-likeness (QED) is 0.568. The summed E-state index contributed by atoms with van der Waals surface area (Å²) >= 11 is 1.25. The number of aryl methyl sites for hydroxylation is 1. The SMILES string of the molecule is COCCCn1c(=O)c2sccc2n(CC(=O)Nc2cc(C)ccc2OC)c1=O. The van der Waals surface area contributed by atoms with Crippen molar-refractivity contribution in [2.45, 2.75) is 26.4 Å². The summed E-state index contributed by atoms with van der Waals surface area (Å²) in [6.07, 6.45) is 0.523. The number of ether oxygens (including phenoxy) is 2. The van der Waals surface area contributed by atoms with Gasteiger partial charge >= 0.3 is 5.69 Å². The molecule has 154 valence electrons. The van der Waals surface area contributed by atoms with Gasteiger partial charge in [0.1, 0.15) is 17.0 Å². The Bertz CT molecular complexity index is 1150. The van der Waals surface area contributed by atoms with Crippen LogP contribution in [0.3, 0.4) is 0 Å². The van der Waals surface area contributed by atoms with E-state index in [1.807, 2.05) is 13.0 Å². The summed E-state index contributed by atoms with van der Waals surface area (Å²) in [4.78, 5) is 38.3. The number of nitrogens with one attached hydrogen (secondary N) is 1. The van der Waals surface area contributed by atoms with Gasteiger partial charge in [0.05, 0.1) is 18.3 Å². The number of hydrogen-bond donors (Lipinski definition) is 1. The maximum absolute atomic E-state index is 12.9. The van der Waals surface area contributed by atoms with Gasteiger partial charge in [-0.3, -0.25) is 18.7 Å². The van der Waals surface area contributed by atoms with Gasteiger partial charge in [0.15, 0.2) is 0 Å². The third kappa shape index (κ3) is 4.41. The van der Waals surface area contributed by atoms with Gasteiger partial charge in [-0.1, -0.05) is 6.07 Å². The molecule has 0 bridgehead atoms. The number of aromatic nitrogens is 2. The smallest absolute Gasteiger partial charge is 0.332 e. The second-order valence-electron chi connectivity index (χ2n) is 6.56. The third-order valence-electron chi connectivity index (χ3n) is 4.50. The molecule has 0 saturated carbocycles. The highest BCUT2D eigenvalue weighted by Crippen LogP contribution is 2.25. The number of rotatable bonds is 8. The number of methoxy groups -OCH3 is 2. The fraction of sp³-hybridized carbons (Fsp3) is 0.350. The standard InChI is InChI=1S/C20H23N3O5S/c1-13-5-6-16(28-3)14(11-13)21-17(24)12-23-15-7-10-29-18(15)19(25)22(20(23)26)8-4-9-27-2/h5-7,10-11H,4,8-9,12H2,1-3H3,(H,21,24). The number of anilines is 1. The molecular weight excluding hydrogens is 394 g/mol. The van der Waals surface area contributed by atoms with Gasteiger partial charge in [-0.25, -0.2) is 4.79 Å². The van der Waals surface area contributed by atoms with Crippen molar-refractivity contribution in [2.24, 2.45) is 0 Å². The largest absolute Gasteiger partial charge is 0.495 e. The Labute approximate surface area is 171 Å². The Morgan fingerprint density at radius 2 is 1.97 bits per heavy atom. The van der Waals surface area contributed by atoms with Crippen LogP contribution in [-0.4, -0.2) is 35.9 Å². The van der Waals surface area contributed by atoms with Crippen LogP contribution in [0.1, 0.15) is 12.0 Å². The van der Waals surface area contributed by atoms with E-state index < -0.39 is 5.69 Å². The third-order valence-corrected chi connectivity index (χ3v) is 5.39. The van der Waals surface area contributed by atoms with Crippen LogP contribution in [0.15, 0.2) is 39.2 Å². The summed E-state index contributed by atoms with van der Waals surface area (Å²) in [7, 11) is 3.09. The minimum atomic E-state index is -0.511. The topological polar surface area (TPSA) is 91.6 Å². The van der Waals surface area contributed by atoms with Gasteiger partial charge in [0, 0.05) is 20.3 Å². The highest BCUT2D eigenvalue weighted by atomic mass is 32.1. The number of amides is 1. The van der Waals surface area contributed by atoms with E-state index in [9.17, 15) is 14.4 Å². The summed E-state index contributed by atoms with van der Waals surface area (Å²) in [5.41, 5.74) is 1.10. The summed E-state index contributed by atoms with van der Waals surface area (Å²) in [5.74, 6) is 0.145. The van der Waals surface area contributed by atoms with Crippen molar-refractivity contribution in [2.75, 3.05) is 26.1 Å². The first-order chi connectivity index (χ1) is 14.0. The average Bonchev–Trinajstić information content (AvgIpc) is 3.18. The number of carbonyl (C=O) groups is 1. The molecule has 8 nitrogen and oxygen atoms in total. The summed E-state index contributed by atoms with van der Waals surface area (Å²) in [6, 6.07) is 7.13. The lowest BCUT2D eigenvalue weighted by Gasteiger charge is -2.14. The van der Waals surface area contributed by atoms with E-state index in [0.29, 0.717) is 34.7 Å². The van der Waals surface area contributed by atoms with E-state index in [1.165, 1.54) is 27.6 Å². The van der Waals surface area contributed by atoms with Crippen molar-refractivity contribution < 1.29 is 14.3 Å². The van der Waals surface area contributed by atoms with Crippen molar-refractivity contribution in [1.82, 2.24) is 9.13 Å². The van der Waals surface area contributed by atoms with Crippen molar-refractivity contribution >= 4 is 33.1 Å². The molecule has 3 rings (SSSR count). The van der Waals surface area contributed by atoms with E-state index in [1.54, 1.807) is 30.7 Å². The number of thiophene rings is 1. The zero-order chi connectivity index (χ0) is 21.0. The van der Waals surface area contributed by atoms with E-state index in [0.717, 1.165) is 5.56 Å². The molecule has 0 aliphatic carbocycles. The molecular formula is C20H23N3O5S. The second kappa shape index (κ2) is 9.06. The molecule has 0 aliphatic rings. The van der Waals surface area contributed by atoms with Gasteiger partial charge < -0.3 is 14.8 Å². The fourth-order valence-electron chi connectivity index (χ4n) is 3.10. The monoisotopic (exact) mass is 417 g/mol. The molecule has 1 aromatic carbocycles. The summed E-state index contributed by atoms with van der Waals surface area (Å²) in [6.45, 7) is 2.35. The molecule has 0 saturated heterocycles. The first-order valence-corrected chi connectivity index (χ1v) is 9.98. The normalized spacial score (nSPS) is 11.0. The predicted octanol–water partition coefficient (Wildman–Crippen LogP) is 2.22. The van der Waals surface area contributed by atoms with Gasteiger partial charge in [0.2, 0.25) is 5.91 Å². The van der Waals surface area contributed by atoms with Crippen molar-refractivity contribution in [3.05, 3.63) is 56.0 Å². The Balaban J connectivity index is 1.94. The number of benzene rings is 1. The molecule has 1 amide bonds. The Morgan fingerprint density at radius 3 is 2.69 bits per heavy atom. The molecule has 2 heterocycles. The van der Waals surface area contributed by atoms with Crippen LogP contribution in [-0.2, 0) is 22.6 Å². The van der Waals surface area contributed by atoms with Crippen LogP contribution < -0.4 is 21.3 Å². The minimum Gasteiger partial charge on any atom is -0.495 e. The van der Waals surface area contributed by atoms with Crippen molar-refractivity contribution in [3.8, 4) is 5.75 Å². The number of nitrogens with zero attached hydrogens (tertiary/aromatic N) is 2. The van der Waals surface area contributed by atoms with E-state index in [4.69, 9.17) is 9.47 Å². The van der Waals surface area contributed by atoms with Gasteiger partial charge in [-0.05, 0) is 42.5 Å². The highest BCUT2D eigenvalue weighted by molar-refractivity contribution is 7.17. The first kappa shape index (κ1) is 20.8. The highest BCUT2D eigenvalue weighted by Gasteiger charge is 2.17. The Kier molecular flexibility index (Phi) is 6.50. The molecule has 2 aromatic heterocycles. The van der Waals surface area contributed by atoms with Crippen LogP contribution >= 0.6 is 11.3 Å². The lowest BCUT2D eigenvalue weighted by molar-refractivity contribution is -0.116. The van der Waals surface area contributed by atoms with Crippen LogP contribution in [0.5, 0.6) is 5.75 Å². The maximum Gasteiger partial charge on any atom is 0.332 e. The molecule has 0 aliphatic heterocycles. The van der Waals surface area contributed by atoms with Crippen molar-refractivity contribution in [1.29, 1.82) is 0 Å². The van der Waals surface area contributed by atoms with E-state index in [2.05, 4.69) is 5.32 Å². The van der Waals surface area contributed by atoms with Crippen LogP contribution in [0.4, 0.5) is 5.69 Å². The molecule has 29 heavy (non-hydrogen) atoms. The Hall–Kier alpha value is -2.91. The molecule has 9 heteroatoms. The Morgan fingerprint density at radius 1 is 1.17 bits per heavy atom. The first-order valence-electron chi connectivity index (χ1n) is 9.10. The average molecular weight is 417 g/mol. The van der Waals surface area contributed by atoms with E-state index in [-0.39, 0.29) is 24.6 Å². The zero-order valence-electron chi connectivity index (χ0n) is 16.6. The number of hydrogen-bond acceptors (Lipinski definition) is 6. The van der Waals surface area contributed by atoms with Crippen LogP contribution in [0.2, 0.25) is 0 Å². The van der Waals surface area contributed by atoms with Crippen molar-refractivity contribution in [3.63, 3.8) is 0 Å². The zero-order valence-corrected chi connectivity index (χ0v) is 17.4. The molecule has 0 fully saturated rings. The lowest BCUT2D eigenvalue weighted by Crippen LogP contribution is -2.41. The van der Waals surface area contributed by atoms with Gasteiger partial charge in [0.25, 0.3) is 5.56 Å². The summed E-state index contributed by atoms with van der Waals surface area (Å²) in [5, 5.41) is 4.53. The molecule has 0 unspecified atom stereocenters. The van der Waals surface area contributed by atoms with Gasteiger partial charge in [-0.15, -0.1) is 11.3 Å². The predicted molar refractivity (Wildman–Crippen MR) is 113 cm³/mol. The van der Waals surface area contributed by atoms with Crippen LogP contribution in [0, 0.1) is 6.92 Å². The van der Waals surface area contributed by atoms with Crippen LogP contribution in [0.25, 0.3) is 10.2 Å².